The molecule has 0 aliphatic heterocycles. The number of carbonyl (C=O) groups excluding carboxylic acids is 1. The Morgan fingerprint density at radius 3 is 2.40 bits per heavy atom. The largest absolute Gasteiger partial charge is 0.481 e. The summed E-state index contributed by atoms with van der Waals surface area (Å²) < 4.78 is 34.9. The molecule has 1 aromatic heterocycles. The highest BCUT2D eigenvalue weighted by Crippen LogP contribution is 2.31. The molecule has 158 valence electrons. The van der Waals surface area contributed by atoms with Crippen LogP contribution in [-0.4, -0.2) is 38.9 Å². The summed E-state index contributed by atoms with van der Waals surface area (Å²) >= 11 is 6.31. The van der Waals surface area contributed by atoms with Gasteiger partial charge in [0, 0.05) is 30.7 Å². The smallest absolute Gasteiger partial charge is 0.343 e. The minimum Gasteiger partial charge on any atom is -0.481 e. The zero-order valence-corrected chi connectivity index (χ0v) is 18.2. The van der Waals surface area contributed by atoms with Gasteiger partial charge in [0.25, 0.3) is 5.56 Å². The first-order valence-corrected chi connectivity index (χ1v) is 11.2. The van der Waals surface area contributed by atoms with Crippen molar-refractivity contribution in [2.75, 3.05) is 20.0 Å². The van der Waals surface area contributed by atoms with Crippen LogP contribution in [0.4, 0.5) is 0 Å². The van der Waals surface area contributed by atoms with Gasteiger partial charge in [-0.3, -0.25) is 4.79 Å². The van der Waals surface area contributed by atoms with Crippen LogP contribution in [0, 0.1) is 0 Å². The van der Waals surface area contributed by atoms with Crippen LogP contribution < -0.4 is 10.3 Å². The number of ether oxygens (including phenoxy) is 2. The van der Waals surface area contributed by atoms with Crippen molar-refractivity contribution in [1.29, 1.82) is 0 Å². The molecule has 0 radical (unpaired) electrons. The summed E-state index contributed by atoms with van der Waals surface area (Å²) in [7, 11) is -0.423. The number of carbonyl (C=O) groups is 1. The molecule has 0 spiro atoms. The van der Waals surface area contributed by atoms with Crippen molar-refractivity contribution in [2.45, 2.75) is 11.3 Å². The number of fused-ring (bicyclic) bond motifs is 1. The molecule has 0 saturated heterocycles. The predicted octanol–water partition coefficient (Wildman–Crippen LogP) is 2.74. The molecule has 0 aliphatic carbocycles. The summed E-state index contributed by atoms with van der Waals surface area (Å²) in [5.41, 5.74) is 1.50. The standard InChI is InChI=1S/C21H20ClNO6S/c1-23-20-16(18(9-8-17(20)22)29-12-19(24)28-2)11-14(21(23)25)10-13-4-6-15(7-5-13)30(3,26)27/h4-9,11H,10,12H2,1-3H3. The van der Waals surface area contributed by atoms with E-state index in [9.17, 15) is 18.0 Å². The van der Waals surface area contributed by atoms with Gasteiger partial charge in [-0.1, -0.05) is 23.7 Å². The molecule has 3 rings (SSSR count). The minimum atomic E-state index is -3.30. The Morgan fingerprint density at radius 2 is 1.80 bits per heavy atom. The van der Waals surface area contributed by atoms with Crippen LogP contribution in [0.2, 0.25) is 5.02 Å². The highest BCUT2D eigenvalue weighted by molar-refractivity contribution is 7.90. The summed E-state index contributed by atoms with van der Waals surface area (Å²) in [5.74, 6) is -0.141. The number of benzene rings is 2. The summed E-state index contributed by atoms with van der Waals surface area (Å²) in [6, 6.07) is 11.3. The number of methoxy groups -OCH3 is 1. The van der Waals surface area contributed by atoms with Crippen molar-refractivity contribution in [3.05, 3.63) is 69.0 Å². The topological polar surface area (TPSA) is 91.7 Å². The maximum Gasteiger partial charge on any atom is 0.343 e. The van der Waals surface area contributed by atoms with Gasteiger partial charge < -0.3 is 14.0 Å². The molecule has 1 heterocycles. The van der Waals surface area contributed by atoms with Crippen molar-refractivity contribution in [1.82, 2.24) is 4.57 Å². The van der Waals surface area contributed by atoms with Crippen molar-refractivity contribution in [3.8, 4) is 5.75 Å². The average Bonchev–Trinajstić information content (AvgIpc) is 2.70. The fraction of sp³-hybridized carbons (Fsp3) is 0.238. The zero-order valence-electron chi connectivity index (χ0n) is 16.6. The molecule has 0 fully saturated rings. The Balaban J connectivity index is 2.06. The number of hydrogen-bond acceptors (Lipinski definition) is 6. The lowest BCUT2D eigenvalue weighted by Crippen LogP contribution is -2.22. The van der Waals surface area contributed by atoms with Gasteiger partial charge in [-0.15, -0.1) is 0 Å². The Labute approximate surface area is 178 Å². The molecule has 3 aromatic rings. The van der Waals surface area contributed by atoms with E-state index in [2.05, 4.69) is 4.74 Å². The third-order valence-corrected chi connectivity index (χ3v) is 6.11. The number of aromatic nitrogens is 1. The first kappa shape index (κ1) is 21.9. The van der Waals surface area contributed by atoms with Crippen LogP contribution in [-0.2, 0) is 32.8 Å². The molecule has 0 N–H and O–H groups in total. The maximum atomic E-state index is 12.9. The summed E-state index contributed by atoms with van der Waals surface area (Å²) in [4.78, 5) is 24.5. The average molecular weight is 450 g/mol. The second kappa shape index (κ2) is 8.49. The van der Waals surface area contributed by atoms with Crippen molar-refractivity contribution < 1.29 is 22.7 Å². The molecule has 2 aromatic carbocycles. The maximum absolute atomic E-state index is 12.9. The van der Waals surface area contributed by atoms with Crippen LogP contribution in [0.3, 0.4) is 0 Å². The van der Waals surface area contributed by atoms with Gasteiger partial charge in [-0.25, -0.2) is 13.2 Å². The molecule has 0 saturated carbocycles. The van der Waals surface area contributed by atoms with Crippen LogP contribution in [0.25, 0.3) is 10.9 Å². The molecule has 0 unspecified atom stereocenters. The molecule has 0 amide bonds. The first-order chi connectivity index (χ1) is 14.1. The van der Waals surface area contributed by atoms with E-state index in [-0.39, 0.29) is 23.5 Å². The van der Waals surface area contributed by atoms with Crippen LogP contribution in [0.15, 0.2) is 52.2 Å². The lowest BCUT2D eigenvalue weighted by atomic mass is 10.0. The quantitative estimate of drug-likeness (QED) is 0.537. The molecule has 9 heteroatoms. The lowest BCUT2D eigenvalue weighted by Gasteiger charge is -2.14. The number of aryl methyl sites for hydroxylation is 1. The van der Waals surface area contributed by atoms with Crippen molar-refractivity contribution >= 4 is 38.3 Å². The van der Waals surface area contributed by atoms with Crippen molar-refractivity contribution in [3.63, 3.8) is 0 Å². The fourth-order valence-corrected chi connectivity index (χ4v) is 4.04. The first-order valence-electron chi connectivity index (χ1n) is 8.91. The number of sulfone groups is 1. The van der Waals surface area contributed by atoms with E-state index < -0.39 is 15.8 Å². The number of hydrogen-bond donors (Lipinski definition) is 0. The Bertz CT molecular complexity index is 1280. The third-order valence-electron chi connectivity index (χ3n) is 4.68. The summed E-state index contributed by atoms with van der Waals surface area (Å²) in [6.07, 6.45) is 1.43. The van der Waals surface area contributed by atoms with E-state index in [1.54, 1.807) is 37.4 Å². The number of halogens is 1. The normalized spacial score (nSPS) is 11.5. The molecule has 0 aliphatic rings. The Hall–Kier alpha value is -2.84. The molecule has 0 atom stereocenters. The van der Waals surface area contributed by atoms with E-state index >= 15 is 0 Å². The van der Waals surface area contributed by atoms with Gasteiger partial charge in [0.2, 0.25) is 0 Å². The van der Waals surface area contributed by atoms with E-state index in [1.165, 1.54) is 23.8 Å². The Morgan fingerprint density at radius 1 is 1.13 bits per heavy atom. The van der Waals surface area contributed by atoms with Gasteiger partial charge in [0.05, 0.1) is 22.5 Å². The fourth-order valence-electron chi connectivity index (χ4n) is 3.12. The van der Waals surface area contributed by atoms with E-state index in [4.69, 9.17) is 16.3 Å². The highest BCUT2D eigenvalue weighted by atomic mass is 35.5. The third kappa shape index (κ3) is 4.49. The molecular weight excluding hydrogens is 430 g/mol. The second-order valence-corrected chi connectivity index (χ2v) is 9.22. The second-order valence-electron chi connectivity index (χ2n) is 6.80. The van der Waals surface area contributed by atoms with Gasteiger partial charge >= 0.3 is 5.97 Å². The number of esters is 1. The van der Waals surface area contributed by atoms with Crippen LogP contribution in [0.1, 0.15) is 11.1 Å². The zero-order chi connectivity index (χ0) is 22.1. The highest BCUT2D eigenvalue weighted by Gasteiger charge is 2.15. The number of nitrogens with zero attached hydrogens (tertiary/aromatic N) is 1. The van der Waals surface area contributed by atoms with Gasteiger partial charge in [0.15, 0.2) is 16.4 Å². The lowest BCUT2D eigenvalue weighted by molar-refractivity contribution is -0.142. The van der Waals surface area contributed by atoms with Crippen LogP contribution in [0.5, 0.6) is 5.75 Å². The number of pyridine rings is 1. The molecule has 30 heavy (non-hydrogen) atoms. The molecule has 7 nitrogen and oxygen atoms in total. The van der Waals surface area contributed by atoms with E-state index in [1.807, 2.05) is 0 Å². The summed E-state index contributed by atoms with van der Waals surface area (Å²) in [5, 5.41) is 0.954. The summed E-state index contributed by atoms with van der Waals surface area (Å²) in [6.45, 7) is -0.279. The van der Waals surface area contributed by atoms with E-state index in [0.717, 1.165) is 11.8 Å². The Kier molecular flexibility index (Phi) is 6.19. The van der Waals surface area contributed by atoms with Gasteiger partial charge in [-0.2, -0.15) is 0 Å². The monoisotopic (exact) mass is 449 g/mol. The molecule has 0 bridgehead atoms. The van der Waals surface area contributed by atoms with Gasteiger partial charge in [-0.05, 0) is 35.9 Å². The minimum absolute atomic E-state index is 0.211. The van der Waals surface area contributed by atoms with Gasteiger partial charge in [0.1, 0.15) is 5.75 Å². The predicted molar refractivity (Wildman–Crippen MR) is 114 cm³/mol. The molecular formula is C21H20ClNO6S. The SMILES string of the molecule is COC(=O)COc1ccc(Cl)c2c1cc(Cc1ccc(S(C)(=O)=O)cc1)c(=O)n2C. The van der Waals surface area contributed by atoms with Crippen LogP contribution >= 0.6 is 11.6 Å². The van der Waals surface area contributed by atoms with Crippen molar-refractivity contribution in [2.24, 2.45) is 7.05 Å². The number of rotatable bonds is 6. The van der Waals surface area contributed by atoms with E-state index in [0.29, 0.717) is 27.2 Å².